The largest absolute Gasteiger partial charge is 0.338 e. The Kier molecular flexibility index (Phi) is 6.52. The molecule has 0 atom stereocenters. The number of carbonyl (C=O) groups excluding carboxylic acids is 1. The van der Waals surface area contributed by atoms with Crippen molar-refractivity contribution >= 4 is 63.9 Å². The van der Waals surface area contributed by atoms with E-state index in [1.165, 1.54) is 11.9 Å². The van der Waals surface area contributed by atoms with E-state index in [9.17, 15) is 4.79 Å². The predicted molar refractivity (Wildman–Crippen MR) is 57.7 cm³/mol. The van der Waals surface area contributed by atoms with Gasteiger partial charge in [-0.1, -0.05) is 58.0 Å². The summed E-state index contributed by atoms with van der Waals surface area (Å²) in [7, 11) is 1.49. The molecular weight excluding hydrogens is 279 g/mol. The molecule has 0 saturated carbocycles. The van der Waals surface area contributed by atoms with Crippen molar-refractivity contribution in [3.05, 3.63) is 9.52 Å². The van der Waals surface area contributed by atoms with E-state index in [1.807, 2.05) is 0 Å². The molecule has 0 aliphatic heterocycles. The van der Waals surface area contributed by atoms with Gasteiger partial charge in [0.2, 0.25) is 0 Å². The van der Waals surface area contributed by atoms with E-state index in [2.05, 4.69) is 0 Å². The molecule has 1 amide bonds. The first-order chi connectivity index (χ1) is 5.86. The van der Waals surface area contributed by atoms with Crippen molar-refractivity contribution in [2.45, 2.75) is 4.84 Å². The number of hydrogen-bond acceptors (Lipinski definition) is 1. The molecule has 0 aliphatic rings. The van der Waals surface area contributed by atoms with E-state index in [-0.39, 0.29) is 16.1 Å². The molecule has 0 saturated heterocycles. The molecule has 0 spiro atoms. The lowest BCUT2D eigenvalue weighted by molar-refractivity contribution is -0.127. The molecule has 0 aromatic heterocycles. The van der Waals surface area contributed by atoms with Crippen LogP contribution in [0.2, 0.25) is 0 Å². The number of rotatable bonds is 3. The Morgan fingerprint density at radius 3 is 2.08 bits per heavy atom. The van der Waals surface area contributed by atoms with Gasteiger partial charge in [0.05, 0.1) is 11.6 Å². The van der Waals surface area contributed by atoms with Crippen LogP contribution in [-0.4, -0.2) is 29.2 Å². The normalized spacial score (nSPS) is 10.1. The van der Waals surface area contributed by atoms with Gasteiger partial charge in [0.15, 0.2) is 4.84 Å². The van der Waals surface area contributed by atoms with Gasteiger partial charge >= 0.3 is 0 Å². The van der Waals surface area contributed by atoms with Gasteiger partial charge < -0.3 is 4.90 Å². The van der Waals surface area contributed by atoms with Crippen molar-refractivity contribution in [2.75, 3.05) is 13.6 Å². The van der Waals surface area contributed by atoms with E-state index in [1.54, 1.807) is 0 Å². The van der Waals surface area contributed by atoms with E-state index in [0.717, 1.165) is 0 Å². The number of hydrogen-bond donors (Lipinski definition) is 0. The molecule has 0 fully saturated rings. The summed E-state index contributed by atoms with van der Waals surface area (Å²) in [5.74, 6) is -0.462. The molecule has 0 aromatic rings. The van der Waals surface area contributed by atoms with Gasteiger partial charge in [-0.2, -0.15) is 0 Å². The molecule has 2 nitrogen and oxygen atoms in total. The second-order valence-electron chi connectivity index (χ2n) is 2.16. The standard InChI is InChI=1S/C6H6Cl5NO/c1-12(6(13)5(10)11)2-3(7)4(8)9/h5H,2H2,1H3. The maximum absolute atomic E-state index is 11.1. The van der Waals surface area contributed by atoms with Crippen LogP contribution in [0.4, 0.5) is 0 Å². The highest BCUT2D eigenvalue weighted by molar-refractivity contribution is 6.59. The van der Waals surface area contributed by atoms with Crippen LogP contribution in [-0.2, 0) is 4.79 Å². The average molecular weight is 285 g/mol. The minimum absolute atomic E-state index is 0.0815. The van der Waals surface area contributed by atoms with Gasteiger partial charge in [-0.05, 0) is 0 Å². The molecule has 0 aliphatic carbocycles. The number of halogens is 5. The van der Waals surface area contributed by atoms with Crippen molar-refractivity contribution in [1.82, 2.24) is 4.90 Å². The lowest BCUT2D eigenvalue weighted by Crippen LogP contribution is -2.32. The fourth-order valence-corrected chi connectivity index (χ4v) is 1.14. The Hall–Kier alpha value is 0.660. The molecule has 13 heavy (non-hydrogen) atoms. The van der Waals surface area contributed by atoms with Crippen molar-refractivity contribution in [2.24, 2.45) is 0 Å². The number of likely N-dealkylation sites (N-methyl/N-ethyl adjacent to an activating group) is 1. The van der Waals surface area contributed by atoms with Crippen molar-refractivity contribution in [3.8, 4) is 0 Å². The molecule has 0 heterocycles. The molecule has 0 rings (SSSR count). The van der Waals surface area contributed by atoms with Crippen LogP contribution < -0.4 is 0 Å². The zero-order chi connectivity index (χ0) is 10.6. The monoisotopic (exact) mass is 283 g/mol. The summed E-state index contributed by atoms with van der Waals surface area (Å²) in [5, 5.41) is 0.160. The number of nitrogens with zero attached hydrogens (tertiary/aromatic N) is 1. The number of amides is 1. The van der Waals surface area contributed by atoms with Crippen molar-refractivity contribution in [1.29, 1.82) is 0 Å². The smallest absolute Gasteiger partial charge is 0.255 e. The molecular formula is C6H6Cl5NO. The van der Waals surface area contributed by atoms with Crippen molar-refractivity contribution in [3.63, 3.8) is 0 Å². The van der Waals surface area contributed by atoms with Crippen LogP contribution in [0.1, 0.15) is 0 Å². The van der Waals surface area contributed by atoms with Crippen LogP contribution in [0, 0.1) is 0 Å². The molecule has 0 radical (unpaired) electrons. The van der Waals surface area contributed by atoms with E-state index < -0.39 is 10.7 Å². The Balaban J connectivity index is 4.24. The Morgan fingerprint density at radius 1 is 1.31 bits per heavy atom. The SMILES string of the molecule is CN(CC(Cl)=C(Cl)Cl)C(=O)C(Cl)Cl. The third-order valence-electron chi connectivity index (χ3n) is 1.14. The third kappa shape index (κ3) is 5.18. The first-order valence-corrected chi connectivity index (χ1v) is 5.09. The fraction of sp³-hybridized carbons (Fsp3) is 0.500. The molecule has 0 bridgehead atoms. The first kappa shape index (κ1) is 13.7. The van der Waals surface area contributed by atoms with E-state index in [4.69, 9.17) is 58.0 Å². The van der Waals surface area contributed by atoms with Crippen LogP contribution in [0.15, 0.2) is 9.52 Å². The summed E-state index contributed by atoms with van der Waals surface area (Å²) >= 11 is 27.0. The molecule has 0 N–H and O–H groups in total. The van der Waals surface area contributed by atoms with Gasteiger partial charge in [0, 0.05) is 7.05 Å². The third-order valence-corrected chi connectivity index (χ3v) is 2.48. The van der Waals surface area contributed by atoms with E-state index >= 15 is 0 Å². The lowest BCUT2D eigenvalue weighted by Gasteiger charge is -2.16. The summed E-state index contributed by atoms with van der Waals surface area (Å²) < 4.78 is -0.0815. The summed E-state index contributed by atoms with van der Waals surface area (Å²) in [5.41, 5.74) is 0. The number of alkyl halides is 2. The summed E-state index contributed by atoms with van der Waals surface area (Å²) in [6, 6.07) is 0. The Labute approximate surface area is 101 Å². The lowest BCUT2D eigenvalue weighted by atomic mass is 10.5. The summed E-state index contributed by atoms with van der Waals surface area (Å²) in [4.78, 5) is 11.2. The quantitative estimate of drug-likeness (QED) is 0.730. The Morgan fingerprint density at radius 2 is 1.77 bits per heavy atom. The van der Waals surface area contributed by atoms with Crippen LogP contribution in [0.25, 0.3) is 0 Å². The topological polar surface area (TPSA) is 20.3 Å². The average Bonchev–Trinajstić information content (AvgIpc) is 2.02. The minimum Gasteiger partial charge on any atom is -0.338 e. The molecule has 76 valence electrons. The highest BCUT2D eigenvalue weighted by Crippen LogP contribution is 2.19. The summed E-state index contributed by atoms with van der Waals surface area (Å²) in [6.45, 7) is 0.0820. The molecule has 0 aromatic carbocycles. The highest BCUT2D eigenvalue weighted by Gasteiger charge is 2.17. The van der Waals surface area contributed by atoms with Crippen LogP contribution in [0.5, 0.6) is 0 Å². The minimum atomic E-state index is -1.11. The maximum Gasteiger partial charge on any atom is 0.255 e. The van der Waals surface area contributed by atoms with Gasteiger partial charge in [-0.25, -0.2) is 0 Å². The van der Waals surface area contributed by atoms with Gasteiger partial charge in [-0.15, -0.1) is 0 Å². The summed E-state index contributed by atoms with van der Waals surface area (Å²) in [6.07, 6.45) is 0. The second-order valence-corrected chi connectivity index (χ2v) is 4.66. The fourth-order valence-electron chi connectivity index (χ4n) is 0.513. The van der Waals surface area contributed by atoms with Gasteiger partial charge in [-0.3, -0.25) is 4.79 Å². The zero-order valence-corrected chi connectivity index (χ0v) is 10.3. The van der Waals surface area contributed by atoms with Gasteiger partial charge in [0.25, 0.3) is 5.91 Å². The van der Waals surface area contributed by atoms with E-state index in [0.29, 0.717) is 0 Å². The first-order valence-electron chi connectivity index (χ1n) is 3.09. The molecule has 7 heteroatoms. The highest BCUT2D eigenvalue weighted by atomic mass is 35.5. The predicted octanol–water partition coefficient (Wildman–Crippen LogP) is 3.13. The maximum atomic E-state index is 11.1. The second kappa shape index (κ2) is 6.20. The number of carbonyl (C=O) groups is 1. The van der Waals surface area contributed by atoms with Gasteiger partial charge in [0.1, 0.15) is 4.49 Å². The van der Waals surface area contributed by atoms with Crippen LogP contribution in [0.3, 0.4) is 0 Å². The zero-order valence-electron chi connectivity index (χ0n) is 6.53. The van der Waals surface area contributed by atoms with Crippen LogP contribution >= 0.6 is 58.0 Å². The molecule has 0 unspecified atom stereocenters. The van der Waals surface area contributed by atoms with Crippen molar-refractivity contribution < 1.29 is 4.79 Å². The Bertz CT molecular complexity index is 223.